The van der Waals surface area contributed by atoms with Crippen LogP contribution < -0.4 is 16.4 Å². The highest BCUT2D eigenvalue weighted by Crippen LogP contribution is 2.26. The van der Waals surface area contributed by atoms with Gasteiger partial charge in [-0.2, -0.15) is 0 Å². The van der Waals surface area contributed by atoms with Crippen molar-refractivity contribution >= 4 is 11.8 Å². The Bertz CT molecular complexity index is 589. The van der Waals surface area contributed by atoms with Crippen LogP contribution in [0.4, 0.5) is 0 Å². The first-order valence-corrected chi connectivity index (χ1v) is 9.00. The average Bonchev–Trinajstić information content (AvgIpc) is 2.97. The number of hydrogen-bond donors (Lipinski definition) is 3. The lowest BCUT2D eigenvalue weighted by Crippen LogP contribution is -2.32. The van der Waals surface area contributed by atoms with Gasteiger partial charge in [0.05, 0.1) is 0 Å². The van der Waals surface area contributed by atoms with Gasteiger partial charge in [0.1, 0.15) is 0 Å². The van der Waals surface area contributed by atoms with Crippen LogP contribution >= 0.6 is 0 Å². The number of likely N-dealkylation sites (N-methyl/N-ethyl adjacent to an activating group) is 1. The van der Waals surface area contributed by atoms with Crippen LogP contribution in [-0.4, -0.2) is 49.9 Å². The zero-order chi connectivity index (χ0) is 18.2. The van der Waals surface area contributed by atoms with Crippen LogP contribution in [0.2, 0.25) is 0 Å². The summed E-state index contributed by atoms with van der Waals surface area (Å²) in [6.07, 6.45) is 3.66. The minimum Gasteiger partial charge on any atom is -0.352 e. The van der Waals surface area contributed by atoms with Crippen molar-refractivity contribution in [2.24, 2.45) is 11.7 Å². The summed E-state index contributed by atoms with van der Waals surface area (Å²) in [6, 6.07) is 7.52. The fraction of sp³-hybridized carbons (Fsp3) is 0.579. The molecule has 2 atom stereocenters. The molecule has 1 aliphatic rings. The fourth-order valence-corrected chi connectivity index (χ4v) is 3.15. The lowest BCUT2D eigenvalue weighted by molar-refractivity contribution is -0.122. The molecule has 0 bridgehead atoms. The molecule has 0 aliphatic heterocycles. The number of nitrogens with two attached hydrogens (primary N) is 1. The number of benzene rings is 1. The fourth-order valence-electron chi connectivity index (χ4n) is 3.15. The van der Waals surface area contributed by atoms with Crippen molar-refractivity contribution < 1.29 is 9.59 Å². The predicted molar refractivity (Wildman–Crippen MR) is 99.1 cm³/mol. The molecule has 0 aromatic heterocycles. The van der Waals surface area contributed by atoms with Crippen molar-refractivity contribution in [1.82, 2.24) is 15.5 Å². The molecule has 2 amide bonds. The summed E-state index contributed by atoms with van der Waals surface area (Å²) in [5, 5.41) is 5.83. The summed E-state index contributed by atoms with van der Waals surface area (Å²) in [4.78, 5) is 26.3. The predicted octanol–water partition coefficient (Wildman–Crippen LogP) is 1.11. The standard InChI is InChI=1S/C19H30N4O2/c1-23(2)10-9-21-19(25)16-7-3-5-14(11-16)13-22-18(24)12-15-6-4-8-17(15)20/h3,5,7,11,15,17H,4,6,8-10,12-13,20H2,1-2H3,(H,21,25)(H,22,24)/t15-,17+/m0/s1. The third-order valence-corrected chi connectivity index (χ3v) is 4.69. The van der Waals surface area contributed by atoms with Gasteiger partial charge in [-0.15, -0.1) is 0 Å². The van der Waals surface area contributed by atoms with Gasteiger partial charge in [0, 0.05) is 37.7 Å². The van der Waals surface area contributed by atoms with Crippen molar-refractivity contribution in [1.29, 1.82) is 0 Å². The van der Waals surface area contributed by atoms with Gasteiger partial charge in [-0.05, 0) is 50.6 Å². The minimum absolute atomic E-state index is 0.0307. The van der Waals surface area contributed by atoms with Crippen molar-refractivity contribution in [3.05, 3.63) is 35.4 Å². The van der Waals surface area contributed by atoms with Crippen LogP contribution in [0.3, 0.4) is 0 Å². The lowest BCUT2D eigenvalue weighted by atomic mass is 10.00. The number of carbonyl (C=O) groups is 2. The molecule has 25 heavy (non-hydrogen) atoms. The average molecular weight is 346 g/mol. The Morgan fingerprint density at radius 1 is 1.24 bits per heavy atom. The van der Waals surface area contributed by atoms with Gasteiger partial charge >= 0.3 is 0 Å². The van der Waals surface area contributed by atoms with Crippen molar-refractivity contribution in [2.45, 2.75) is 38.3 Å². The molecule has 0 unspecified atom stereocenters. The third-order valence-electron chi connectivity index (χ3n) is 4.69. The van der Waals surface area contributed by atoms with E-state index in [1.165, 1.54) is 0 Å². The van der Waals surface area contributed by atoms with Crippen LogP contribution in [0.1, 0.15) is 41.6 Å². The number of amides is 2. The van der Waals surface area contributed by atoms with E-state index in [9.17, 15) is 9.59 Å². The largest absolute Gasteiger partial charge is 0.352 e. The van der Waals surface area contributed by atoms with Gasteiger partial charge in [-0.3, -0.25) is 9.59 Å². The number of nitrogens with zero attached hydrogens (tertiary/aromatic N) is 1. The zero-order valence-corrected chi connectivity index (χ0v) is 15.3. The molecule has 0 radical (unpaired) electrons. The minimum atomic E-state index is -0.0908. The number of nitrogens with one attached hydrogen (secondary N) is 2. The Labute approximate surface area is 150 Å². The monoisotopic (exact) mass is 346 g/mol. The highest BCUT2D eigenvalue weighted by atomic mass is 16.2. The molecule has 138 valence electrons. The smallest absolute Gasteiger partial charge is 0.251 e. The summed E-state index contributed by atoms with van der Waals surface area (Å²) in [7, 11) is 3.93. The van der Waals surface area contributed by atoms with Crippen molar-refractivity contribution in [2.75, 3.05) is 27.2 Å². The molecule has 1 aromatic carbocycles. The third kappa shape index (κ3) is 6.48. The quantitative estimate of drug-likeness (QED) is 0.658. The van der Waals surface area contributed by atoms with E-state index < -0.39 is 0 Å². The van der Waals surface area contributed by atoms with Gasteiger partial charge in [-0.1, -0.05) is 18.6 Å². The first kappa shape index (κ1) is 19.4. The van der Waals surface area contributed by atoms with Crippen LogP contribution in [0.25, 0.3) is 0 Å². The SMILES string of the molecule is CN(C)CCNC(=O)c1cccc(CNC(=O)C[C@@H]2CCC[C@H]2N)c1. The maximum absolute atomic E-state index is 12.2. The van der Waals surface area contributed by atoms with Crippen molar-refractivity contribution in [3.8, 4) is 0 Å². The van der Waals surface area contributed by atoms with E-state index in [1.807, 2.05) is 37.2 Å². The molecule has 6 heteroatoms. The Morgan fingerprint density at radius 2 is 2.04 bits per heavy atom. The van der Waals surface area contributed by atoms with Crippen LogP contribution in [0.5, 0.6) is 0 Å². The lowest BCUT2D eigenvalue weighted by Gasteiger charge is -2.15. The van der Waals surface area contributed by atoms with Gasteiger partial charge < -0.3 is 21.3 Å². The first-order valence-electron chi connectivity index (χ1n) is 9.00. The van der Waals surface area contributed by atoms with Gasteiger partial charge in [-0.25, -0.2) is 0 Å². The molecule has 0 saturated heterocycles. The number of rotatable bonds is 8. The Hall–Kier alpha value is -1.92. The van der Waals surface area contributed by atoms with Gasteiger partial charge in [0.15, 0.2) is 0 Å². The van der Waals surface area contributed by atoms with E-state index in [0.29, 0.717) is 31.0 Å². The van der Waals surface area contributed by atoms with Gasteiger partial charge in [0.25, 0.3) is 5.91 Å². The van der Waals surface area contributed by atoms with Crippen molar-refractivity contribution in [3.63, 3.8) is 0 Å². The van der Waals surface area contributed by atoms with Crippen LogP contribution in [-0.2, 0) is 11.3 Å². The normalized spacial score (nSPS) is 19.8. The van der Waals surface area contributed by atoms with E-state index >= 15 is 0 Å². The molecule has 1 saturated carbocycles. The second kappa shape index (κ2) is 9.53. The van der Waals surface area contributed by atoms with Crippen LogP contribution in [0.15, 0.2) is 24.3 Å². The molecular formula is C19H30N4O2. The summed E-state index contributed by atoms with van der Waals surface area (Å²) in [5.74, 6) is 0.240. The summed E-state index contributed by atoms with van der Waals surface area (Å²) >= 11 is 0. The molecule has 1 fully saturated rings. The second-order valence-corrected chi connectivity index (χ2v) is 7.10. The van der Waals surface area contributed by atoms with E-state index in [-0.39, 0.29) is 17.9 Å². The molecule has 6 nitrogen and oxygen atoms in total. The Morgan fingerprint density at radius 3 is 2.72 bits per heavy atom. The van der Waals surface area contributed by atoms with E-state index in [1.54, 1.807) is 6.07 Å². The molecule has 1 aromatic rings. The van der Waals surface area contributed by atoms with E-state index in [4.69, 9.17) is 5.73 Å². The molecule has 4 N–H and O–H groups in total. The number of carbonyl (C=O) groups excluding carboxylic acids is 2. The first-order chi connectivity index (χ1) is 12.0. The molecule has 1 aliphatic carbocycles. The maximum atomic E-state index is 12.2. The second-order valence-electron chi connectivity index (χ2n) is 7.10. The van der Waals surface area contributed by atoms with Crippen LogP contribution in [0, 0.1) is 5.92 Å². The Kier molecular flexibility index (Phi) is 7.40. The van der Waals surface area contributed by atoms with Gasteiger partial charge in [0.2, 0.25) is 5.91 Å². The summed E-state index contributed by atoms with van der Waals surface area (Å²) in [5.41, 5.74) is 7.55. The molecule has 0 heterocycles. The topological polar surface area (TPSA) is 87.5 Å². The van der Waals surface area contributed by atoms with E-state index in [2.05, 4.69) is 10.6 Å². The highest BCUT2D eigenvalue weighted by Gasteiger charge is 2.25. The summed E-state index contributed by atoms with van der Waals surface area (Å²) < 4.78 is 0. The number of hydrogen-bond acceptors (Lipinski definition) is 4. The molecular weight excluding hydrogens is 316 g/mol. The van der Waals surface area contributed by atoms with E-state index in [0.717, 1.165) is 31.4 Å². The maximum Gasteiger partial charge on any atom is 0.251 e. The Balaban J connectivity index is 1.80. The summed E-state index contributed by atoms with van der Waals surface area (Å²) in [6.45, 7) is 1.83. The zero-order valence-electron chi connectivity index (χ0n) is 15.3. The highest BCUT2D eigenvalue weighted by molar-refractivity contribution is 5.94. The molecule has 2 rings (SSSR count). The molecule has 0 spiro atoms.